The molecule has 3 rings (SSSR count). The quantitative estimate of drug-likeness (QED) is 0.799. The molecule has 6 heteroatoms. The van der Waals surface area contributed by atoms with Crippen LogP contribution >= 0.6 is 27.3 Å². The summed E-state index contributed by atoms with van der Waals surface area (Å²) in [4.78, 5) is 29.4. The van der Waals surface area contributed by atoms with E-state index in [9.17, 15) is 9.59 Å². The number of nitrogens with zero attached hydrogens (tertiary/aromatic N) is 2. The summed E-state index contributed by atoms with van der Waals surface area (Å²) >= 11 is 4.77. The highest BCUT2D eigenvalue weighted by Gasteiger charge is 2.36. The highest BCUT2D eigenvalue weighted by molar-refractivity contribution is 9.10. The summed E-state index contributed by atoms with van der Waals surface area (Å²) in [7, 11) is 0. The van der Waals surface area contributed by atoms with Crippen molar-refractivity contribution in [2.75, 3.05) is 4.90 Å². The van der Waals surface area contributed by atoms with Gasteiger partial charge in [0.05, 0.1) is 17.8 Å². The summed E-state index contributed by atoms with van der Waals surface area (Å²) in [5.74, 6) is -0.943. The van der Waals surface area contributed by atoms with Gasteiger partial charge in [-0.25, -0.2) is 4.98 Å². The maximum atomic E-state index is 11.9. The predicted octanol–water partition coefficient (Wildman–Crippen LogP) is 2.64. The average molecular weight is 323 g/mol. The Bertz CT molecular complexity index is 640. The van der Waals surface area contributed by atoms with E-state index in [1.54, 1.807) is 18.3 Å². The molecule has 0 saturated heterocycles. The van der Waals surface area contributed by atoms with Crippen molar-refractivity contribution in [3.05, 3.63) is 44.8 Å². The zero-order valence-electron chi connectivity index (χ0n) is 9.09. The predicted molar refractivity (Wildman–Crippen MR) is 71.8 cm³/mol. The summed E-state index contributed by atoms with van der Waals surface area (Å²) in [5, 5.41) is 2.66. The Kier molecular flexibility index (Phi) is 2.76. The third kappa shape index (κ3) is 1.77. The molecule has 0 saturated carbocycles. The molecule has 1 amide bonds. The lowest BCUT2D eigenvalue weighted by atomic mass is 10.1. The fraction of sp³-hybridized carbons (Fsp3) is 0.0833. The first-order valence-electron chi connectivity index (χ1n) is 5.21. The minimum absolute atomic E-state index is 0.344. The van der Waals surface area contributed by atoms with Gasteiger partial charge in [-0.3, -0.25) is 14.5 Å². The van der Waals surface area contributed by atoms with E-state index in [1.807, 2.05) is 11.4 Å². The van der Waals surface area contributed by atoms with E-state index in [1.165, 1.54) is 16.2 Å². The molecule has 0 unspecified atom stereocenters. The van der Waals surface area contributed by atoms with Crippen molar-refractivity contribution < 1.29 is 9.59 Å². The van der Waals surface area contributed by atoms with Gasteiger partial charge in [-0.1, -0.05) is 15.9 Å². The van der Waals surface area contributed by atoms with Gasteiger partial charge in [0.1, 0.15) is 5.01 Å². The summed E-state index contributed by atoms with van der Waals surface area (Å²) in [6.45, 7) is 0.344. The standard InChI is InChI=1S/C12H7BrN2O2S/c13-7-1-2-9-8(5-7)11(16)12(17)15(9)6-10-14-3-4-18-10/h1-5H,6H2. The van der Waals surface area contributed by atoms with Crippen molar-refractivity contribution in [3.8, 4) is 0 Å². The van der Waals surface area contributed by atoms with Gasteiger partial charge in [-0.2, -0.15) is 0 Å². The van der Waals surface area contributed by atoms with Crippen LogP contribution in [0.4, 0.5) is 5.69 Å². The normalized spacial score (nSPS) is 14.2. The van der Waals surface area contributed by atoms with Crippen LogP contribution in [0.3, 0.4) is 0 Å². The number of benzene rings is 1. The van der Waals surface area contributed by atoms with Crippen molar-refractivity contribution in [1.82, 2.24) is 4.98 Å². The van der Waals surface area contributed by atoms with Crippen LogP contribution < -0.4 is 4.90 Å². The van der Waals surface area contributed by atoms with Gasteiger partial charge >= 0.3 is 0 Å². The highest BCUT2D eigenvalue weighted by atomic mass is 79.9. The smallest absolute Gasteiger partial charge is 0.298 e. The van der Waals surface area contributed by atoms with E-state index >= 15 is 0 Å². The van der Waals surface area contributed by atoms with Crippen LogP contribution in [0.2, 0.25) is 0 Å². The fourth-order valence-corrected chi connectivity index (χ4v) is 2.86. The van der Waals surface area contributed by atoms with Crippen LogP contribution in [-0.2, 0) is 11.3 Å². The van der Waals surface area contributed by atoms with Crippen LogP contribution in [0.5, 0.6) is 0 Å². The Morgan fingerprint density at radius 1 is 1.33 bits per heavy atom. The molecule has 0 atom stereocenters. The van der Waals surface area contributed by atoms with Crippen molar-refractivity contribution >= 4 is 44.6 Å². The number of Topliss-reactive ketones (excluding diaryl/α,β-unsaturated/α-hetero) is 1. The van der Waals surface area contributed by atoms with E-state index in [2.05, 4.69) is 20.9 Å². The van der Waals surface area contributed by atoms with Gasteiger partial charge in [0, 0.05) is 16.0 Å². The summed E-state index contributed by atoms with van der Waals surface area (Å²) in [6, 6.07) is 5.27. The molecule has 0 radical (unpaired) electrons. The molecule has 18 heavy (non-hydrogen) atoms. The Balaban J connectivity index is 2.02. The van der Waals surface area contributed by atoms with Gasteiger partial charge in [0.2, 0.25) is 0 Å². The van der Waals surface area contributed by atoms with E-state index < -0.39 is 11.7 Å². The van der Waals surface area contributed by atoms with Crippen molar-refractivity contribution in [2.24, 2.45) is 0 Å². The number of thiazole rings is 1. The number of carbonyl (C=O) groups excluding carboxylic acids is 2. The number of amides is 1. The SMILES string of the molecule is O=C1C(=O)N(Cc2nccs2)c2ccc(Br)cc21. The van der Waals surface area contributed by atoms with Gasteiger partial charge in [-0.15, -0.1) is 11.3 Å². The Labute approximate surface area is 115 Å². The monoisotopic (exact) mass is 322 g/mol. The molecular weight excluding hydrogens is 316 g/mol. The number of hydrogen-bond acceptors (Lipinski definition) is 4. The van der Waals surface area contributed by atoms with Crippen molar-refractivity contribution in [1.29, 1.82) is 0 Å². The largest absolute Gasteiger partial charge is 0.299 e. The molecule has 1 aromatic carbocycles. The zero-order chi connectivity index (χ0) is 12.7. The second-order valence-corrected chi connectivity index (χ2v) is 5.70. The van der Waals surface area contributed by atoms with Crippen LogP contribution in [0.15, 0.2) is 34.2 Å². The molecule has 1 aromatic heterocycles. The second-order valence-electron chi connectivity index (χ2n) is 3.81. The van der Waals surface area contributed by atoms with Crippen LogP contribution in [0.25, 0.3) is 0 Å². The maximum absolute atomic E-state index is 11.9. The third-order valence-electron chi connectivity index (χ3n) is 2.71. The second kappa shape index (κ2) is 4.29. The van der Waals surface area contributed by atoms with E-state index in [4.69, 9.17) is 0 Å². The Morgan fingerprint density at radius 2 is 2.17 bits per heavy atom. The molecule has 0 N–H and O–H groups in total. The Hall–Kier alpha value is -1.53. The van der Waals surface area contributed by atoms with Gasteiger partial charge in [0.25, 0.3) is 11.7 Å². The van der Waals surface area contributed by atoms with Gasteiger partial charge < -0.3 is 0 Å². The minimum atomic E-state index is -0.488. The zero-order valence-corrected chi connectivity index (χ0v) is 11.5. The third-order valence-corrected chi connectivity index (χ3v) is 3.97. The Morgan fingerprint density at radius 3 is 2.89 bits per heavy atom. The van der Waals surface area contributed by atoms with E-state index in [0.29, 0.717) is 17.8 Å². The van der Waals surface area contributed by atoms with E-state index in [0.717, 1.165) is 9.48 Å². The van der Waals surface area contributed by atoms with Crippen LogP contribution in [-0.4, -0.2) is 16.7 Å². The topological polar surface area (TPSA) is 50.3 Å². The first-order valence-corrected chi connectivity index (χ1v) is 6.88. The molecule has 0 spiro atoms. The lowest BCUT2D eigenvalue weighted by Gasteiger charge is -2.14. The van der Waals surface area contributed by atoms with Gasteiger partial charge in [-0.05, 0) is 18.2 Å². The number of ketones is 1. The molecule has 2 heterocycles. The number of aromatic nitrogens is 1. The highest BCUT2D eigenvalue weighted by Crippen LogP contribution is 2.32. The van der Waals surface area contributed by atoms with Crippen LogP contribution in [0, 0.1) is 0 Å². The van der Waals surface area contributed by atoms with E-state index in [-0.39, 0.29) is 0 Å². The summed E-state index contributed by atoms with van der Waals surface area (Å²) in [5.41, 5.74) is 1.11. The molecule has 2 aromatic rings. The average Bonchev–Trinajstić information content (AvgIpc) is 2.94. The first-order chi connectivity index (χ1) is 8.66. The molecule has 0 bridgehead atoms. The molecule has 0 aliphatic carbocycles. The number of halogens is 1. The molecule has 4 nitrogen and oxygen atoms in total. The lowest BCUT2D eigenvalue weighted by Crippen LogP contribution is -2.29. The van der Waals surface area contributed by atoms with Gasteiger partial charge in [0.15, 0.2) is 0 Å². The molecule has 1 aliphatic rings. The number of carbonyl (C=O) groups is 2. The summed E-state index contributed by atoms with van der Waals surface area (Å²) < 4.78 is 0.790. The summed E-state index contributed by atoms with van der Waals surface area (Å²) in [6.07, 6.45) is 1.69. The lowest BCUT2D eigenvalue weighted by molar-refractivity contribution is -0.114. The fourth-order valence-electron chi connectivity index (χ4n) is 1.90. The van der Waals surface area contributed by atoms with Crippen molar-refractivity contribution in [2.45, 2.75) is 6.54 Å². The molecule has 1 aliphatic heterocycles. The maximum Gasteiger partial charge on any atom is 0.299 e. The minimum Gasteiger partial charge on any atom is -0.298 e. The molecule has 0 fully saturated rings. The molecule has 90 valence electrons. The number of anilines is 1. The number of fused-ring (bicyclic) bond motifs is 1. The first kappa shape index (κ1) is 11.6. The van der Waals surface area contributed by atoms with Crippen molar-refractivity contribution in [3.63, 3.8) is 0 Å². The molecular formula is C12H7BrN2O2S. The number of rotatable bonds is 2. The van der Waals surface area contributed by atoms with Crippen LogP contribution in [0.1, 0.15) is 15.4 Å². The number of hydrogen-bond donors (Lipinski definition) is 0.